The van der Waals surface area contributed by atoms with Gasteiger partial charge in [-0.15, -0.1) is 0 Å². The minimum atomic E-state index is 0.253. The Morgan fingerprint density at radius 3 is 2.28 bits per heavy atom. The molecule has 1 aromatic rings. The SMILES string of the molecule is COc1ccc(CNC(C)CN)c(OC)c1OC. The molecule has 102 valence electrons. The number of rotatable bonds is 7. The average Bonchev–Trinajstić information content (AvgIpc) is 2.43. The normalized spacial score (nSPS) is 12.1. The van der Waals surface area contributed by atoms with Crippen LogP contribution >= 0.6 is 0 Å². The highest BCUT2D eigenvalue weighted by molar-refractivity contribution is 5.55. The standard InChI is InChI=1S/C13H22N2O3/c1-9(7-14)15-8-10-5-6-11(16-2)13(18-4)12(10)17-3/h5-6,9,15H,7-8,14H2,1-4H3. The second-order valence-corrected chi connectivity index (χ2v) is 4.01. The summed E-state index contributed by atoms with van der Waals surface area (Å²) in [7, 11) is 4.82. The lowest BCUT2D eigenvalue weighted by atomic mass is 10.1. The molecule has 0 bridgehead atoms. The van der Waals surface area contributed by atoms with Gasteiger partial charge in [-0.3, -0.25) is 0 Å². The van der Waals surface area contributed by atoms with Gasteiger partial charge in [0, 0.05) is 24.7 Å². The van der Waals surface area contributed by atoms with E-state index in [1.807, 2.05) is 19.1 Å². The number of benzene rings is 1. The van der Waals surface area contributed by atoms with E-state index in [1.165, 1.54) is 0 Å². The van der Waals surface area contributed by atoms with Crippen LogP contribution in [-0.2, 0) is 6.54 Å². The van der Waals surface area contributed by atoms with Crippen LogP contribution in [0.5, 0.6) is 17.2 Å². The Morgan fingerprint density at radius 1 is 1.11 bits per heavy atom. The van der Waals surface area contributed by atoms with Crippen LogP contribution in [0.4, 0.5) is 0 Å². The summed E-state index contributed by atoms with van der Waals surface area (Å²) in [5, 5.41) is 3.31. The number of nitrogens with one attached hydrogen (secondary N) is 1. The fraction of sp³-hybridized carbons (Fsp3) is 0.538. The lowest BCUT2D eigenvalue weighted by molar-refractivity contribution is 0.321. The Morgan fingerprint density at radius 2 is 1.78 bits per heavy atom. The minimum Gasteiger partial charge on any atom is -0.493 e. The predicted octanol–water partition coefficient (Wildman–Crippen LogP) is 1.15. The molecule has 0 aliphatic heterocycles. The lowest BCUT2D eigenvalue weighted by Gasteiger charge is -2.17. The molecule has 0 heterocycles. The first-order valence-corrected chi connectivity index (χ1v) is 5.89. The molecule has 0 amide bonds. The van der Waals surface area contributed by atoms with E-state index in [-0.39, 0.29) is 6.04 Å². The van der Waals surface area contributed by atoms with Gasteiger partial charge < -0.3 is 25.3 Å². The number of ether oxygens (including phenoxy) is 3. The van der Waals surface area contributed by atoms with Crippen molar-refractivity contribution < 1.29 is 14.2 Å². The van der Waals surface area contributed by atoms with E-state index in [0.29, 0.717) is 30.3 Å². The summed E-state index contributed by atoms with van der Waals surface area (Å²) in [6, 6.07) is 4.07. The molecule has 1 aromatic carbocycles. The molecule has 18 heavy (non-hydrogen) atoms. The summed E-state index contributed by atoms with van der Waals surface area (Å²) in [5.74, 6) is 1.96. The van der Waals surface area contributed by atoms with Crippen LogP contribution in [0.3, 0.4) is 0 Å². The summed E-state index contributed by atoms with van der Waals surface area (Å²) >= 11 is 0. The van der Waals surface area contributed by atoms with Crippen LogP contribution in [-0.4, -0.2) is 33.9 Å². The smallest absolute Gasteiger partial charge is 0.203 e. The molecule has 3 N–H and O–H groups in total. The number of hydrogen-bond donors (Lipinski definition) is 2. The predicted molar refractivity (Wildman–Crippen MR) is 71.5 cm³/mol. The van der Waals surface area contributed by atoms with E-state index in [0.717, 1.165) is 5.56 Å². The van der Waals surface area contributed by atoms with E-state index in [1.54, 1.807) is 21.3 Å². The van der Waals surface area contributed by atoms with Crippen molar-refractivity contribution >= 4 is 0 Å². The Labute approximate surface area is 108 Å². The van der Waals surface area contributed by atoms with Gasteiger partial charge in [0.1, 0.15) is 0 Å². The molecule has 0 aliphatic carbocycles. The minimum absolute atomic E-state index is 0.253. The second kappa shape index (κ2) is 7.08. The Balaban J connectivity index is 2.97. The molecule has 1 rings (SSSR count). The summed E-state index contributed by atoms with van der Waals surface area (Å²) in [5.41, 5.74) is 6.58. The van der Waals surface area contributed by atoms with Gasteiger partial charge in [0.15, 0.2) is 11.5 Å². The molecule has 0 radical (unpaired) electrons. The van der Waals surface area contributed by atoms with Crippen LogP contribution in [0.1, 0.15) is 12.5 Å². The maximum atomic E-state index is 5.57. The first-order chi connectivity index (χ1) is 8.67. The van der Waals surface area contributed by atoms with Crippen molar-refractivity contribution in [2.45, 2.75) is 19.5 Å². The molecular weight excluding hydrogens is 232 g/mol. The number of hydrogen-bond acceptors (Lipinski definition) is 5. The molecule has 0 fully saturated rings. The maximum absolute atomic E-state index is 5.57. The Bertz CT molecular complexity index is 383. The summed E-state index contributed by atoms with van der Waals surface area (Å²) in [4.78, 5) is 0. The van der Waals surface area contributed by atoms with Gasteiger partial charge in [-0.1, -0.05) is 6.07 Å². The van der Waals surface area contributed by atoms with Crippen molar-refractivity contribution in [2.75, 3.05) is 27.9 Å². The van der Waals surface area contributed by atoms with E-state index in [9.17, 15) is 0 Å². The van der Waals surface area contributed by atoms with Crippen LogP contribution in [0.25, 0.3) is 0 Å². The molecule has 0 spiro atoms. The molecule has 1 unspecified atom stereocenters. The summed E-state index contributed by atoms with van der Waals surface area (Å²) in [6.45, 7) is 3.30. The third-order valence-electron chi connectivity index (χ3n) is 2.78. The summed E-state index contributed by atoms with van der Waals surface area (Å²) in [6.07, 6.45) is 0. The third-order valence-corrected chi connectivity index (χ3v) is 2.78. The first kappa shape index (κ1) is 14.6. The first-order valence-electron chi connectivity index (χ1n) is 5.89. The highest BCUT2D eigenvalue weighted by Crippen LogP contribution is 2.39. The second-order valence-electron chi connectivity index (χ2n) is 4.01. The Kier molecular flexibility index (Phi) is 5.74. The van der Waals surface area contributed by atoms with Crippen LogP contribution in [0.15, 0.2) is 12.1 Å². The van der Waals surface area contributed by atoms with Crippen LogP contribution in [0.2, 0.25) is 0 Å². The zero-order valence-corrected chi connectivity index (χ0v) is 11.4. The van der Waals surface area contributed by atoms with Crippen molar-refractivity contribution in [3.8, 4) is 17.2 Å². The molecule has 0 aliphatic rings. The van der Waals surface area contributed by atoms with Gasteiger partial charge in [-0.2, -0.15) is 0 Å². The van der Waals surface area contributed by atoms with E-state index >= 15 is 0 Å². The van der Waals surface area contributed by atoms with Crippen molar-refractivity contribution in [1.82, 2.24) is 5.32 Å². The van der Waals surface area contributed by atoms with Gasteiger partial charge in [-0.25, -0.2) is 0 Å². The molecule has 1 atom stereocenters. The molecule has 5 nitrogen and oxygen atoms in total. The third kappa shape index (κ3) is 3.27. The maximum Gasteiger partial charge on any atom is 0.203 e. The highest BCUT2D eigenvalue weighted by atomic mass is 16.5. The Hall–Kier alpha value is -1.46. The number of nitrogens with two attached hydrogens (primary N) is 1. The zero-order chi connectivity index (χ0) is 13.5. The number of methoxy groups -OCH3 is 3. The lowest BCUT2D eigenvalue weighted by Crippen LogP contribution is -2.32. The monoisotopic (exact) mass is 254 g/mol. The van der Waals surface area contributed by atoms with Crippen molar-refractivity contribution in [3.63, 3.8) is 0 Å². The van der Waals surface area contributed by atoms with E-state index in [2.05, 4.69) is 5.32 Å². The van der Waals surface area contributed by atoms with Crippen LogP contribution < -0.4 is 25.3 Å². The topological polar surface area (TPSA) is 65.7 Å². The molecule has 5 heteroatoms. The van der Waals surface area contributed by atoms with Gasteiger partial charge in [0.2, 0.25) is 5.75 Å². The zero-order valence-electron chi connectivity index (χ0n) is 11.4. The van der Waals surface area contributed by atoms with Gasteiger partial charge in [-0.05, 0) is 13.0 Å². The van der Waals surface area contributed by atoms with Gasteiger partial charge in [0.05, 0.1) is 21.3 Å². The molecular formula is C13H22N2O3. The fourth-order valence-corrected chi connectivity index (χ4v) is 1.67. The quantitative estimate of drug-likeness (QED) is 0.764. The summed E-state index contributed by atoms with van der Waals surface area (Å²) < 4.78 is 16.0. The highest BCUT2D eigenvalue weighted by Gasteiger charge is 2.15. The van der Waals surface area contributed by atoms with Gasteiger partial charge in [0.25, 0.3) is 0 Å². The van der Waals surface area contributed by atoms with Gasteiger partial charge >= 0.3 is 0 Å². The fourth-order valence-electron chi connectivity index (χ4n) is 1.67. The largest absolute Gasteiger partial charge is 0.493 e. The van der Waals surface area contributed by atoms with E-state index < -0.39 is 0 Å². The van der Waals surface area contributed by atoms with E-state index in [4.69, 9.17) is 19.9 Å². The molecule has 0 aromatic heterocycles. The van der Waals surface area contributed by atoms with Crippen molar-refractivity contribution in [2.24, 2.45) is 5.73 Å². The van der Waals surface area contributed by atoms with Crippen molar-refractivity contribution in [1.29, 1.82) is 0 Å². The molecule has 0 saturated carbocycles. The average molecular weight is 254 g/mol. The van der Waals surface area contributed by atoms with Crippen LogP contribution in [0, 0.1) is 0 Å². The molecule has 0 saturated heterocycles. The van der Waals surface area contributed by atoms with Crippen molar-refractivity contribution in [3.05, 3.63) is 17.7 Å².